The second kappa shape index (κ2) is 4.18. The standard InChI is InChI=1S/C9H11O3S/c1-10-6-4-5-7(11-2)9(13)8(6)12-3/h4-5H,1-3H3. The highest BCUT2D eigenvalue weighted by atomic mass is 32.1. The molecular weight excluding hydrogens is 188 g/mol. The summed E-state index contributed by atoms with van der Waals surface area (Å²) >= 11 is 5.11. The molecule has 0 fully saturated rings. The molecule has 0 atom stereocenters. The van der Waals surface area contributed by atoms with E-state index in [9.17, 15) is 0 Å². The summed E-state index contributed by atoms with van der Waals surface area (Å²) in [5.74, 6) is 1.78. The van der Waals surface area contributed by atoms with Crippen LogP contribution < -0.4 is 14.2 Å². The van der Waals surface area contributed by atoms with Crippen molar-refractivity contribution < 1.29 is 14.2 Å². The molecule has 0 N–H and O–H groups in total. The zero-order chi connectivity index (χ0) is 9.84. The van der Waals surface area contributed by atoms with Gasteiger partial charge in [0.05, 0.1) is 21.3 Å². The summed E-state index contributed by atoms with van der Waals surface area (Å²) < 4.78 is 15.2. The van der Waals surface area contributed by atoms with Crippen LogP contribution in [0, 0.1) is 0 Å². The molecule has 0 spiro atoms. The lowest BCUT2D eigenvalue weighted by Crippen LogP contribution is -1.93. The van der Waals surface area contributed by atoms with Crippen molar-refractivity contribution in [2.45, 2.75) is 4.90 Å². The zero-order valence-electron chi connectivity index (χ0n) is 7.79. The van der Waals surface area contributed by atoms with Gasteiger partial charge in [-0.2, -0.15) is 0 Å². The van der Waals surface area contributed by atoms with Gasteiger partial charge in [-0.05, 0) is 12.1 Å². The first-order chi connectivity index (χ1) is 6.24. The number of rotatable bonds is 3. The maximum Gasteiger partial charge on any atom is 0.182 e. The van der Waals surface area contributed by atoms with E-state index < -0.39 is 0 Å². The Bertz CT molecular complexity index is 299. The number of hydrogen-bond donors (Lipinski definition) is 0. The van der Waals surface area contributed by atoms with Crippen LogP contribution in [-0.2, 0) is 0 Å². The molecule has 0 unspecified atom stereocenters. The van der Waals surface area contributed by atoms with E-state index >= 15 is 0 Å². The first-order valence-electron chi connectivity index (χ1n) is 3.70. The number of benzene rings is 1. The number of methoxy groups -OCH3 is 3. The van der Waals surface area contributed by atoms with Crippen molar-refractivity contribution in [1.29, 1.82) is 0 Å². The molecule has 0 bridgehead atoms. The van der Waals surface area contributed by atoms with Crippen LogP contribution in [0.4, 0.5) is 0 Å². The monoisotopic (exact) mass is 199 g/mol. The van der Waals surface area contributed by atoms with Crippen molar-refractivity contribution in [1.82, 2.24) is 0 Å². The highest BCUT2D eigenvalue weighted by Crippen LogP contribution is 2.39. The van der Waals surface area contributed by atoms with E-state index in [0.29, 0.717) is 22.1 Å². The van der Waals surface area contributed by atoms with E-state index in [0.717, 1.165) is 0 Å². The average molecular weight is 199 g/mol. The zero-order valence-corrected chi connectivity index (χ0v) is 8.60. The summed E-state index contributed by atoms with van der Waals surface area (Å²) in [6.45, 7) is 0. The molecule has 1 aromatic rings. The summed E-state index contributed by atoms with van der Waals surface area (Å²) in [7, 11) is 4.68. The van der Waals surface area contributed by atoms with E-state index in [1.807, 2.05) is 0 Å². The summed E-state index contributed by atoms with van der Waals surface area (Å²) in [6, 6.07) is 3.51. The van der Waals surface area contributed by atoms with Crippen molar-refractivity contribution in [2.24, 2.45) is 0 Å². The van der Waals surface area contributed by atoms with Crippen LogP contribution in [0.2, 0.25) is 0 Å². The first kappa shape index (κ1) is 9.92. The smallest absolute Gasteiger partial charge is 0.182 e. The topological polar surface area (TPSA) is 27.7 Å². The molecule has 71 valence electrons. The maximum atomic E-state index is 5.11. The van der Waals surface area contributed by atoms with Gasteiger partial charge in [-0.3, -0.25) is 0 Å². The van der Waals surface area contributed by atoms with Crippen molar-refractivity contribution in [3.05, 3.63) is 12.1 Å². The highest BCUT2D eigenvalue weighted by molar-refractivity contribution is 7.80. The van der Waals surface area contributed by atoms with Crippen molar-refractivity contribution >= 4 is 12.6 Å². The van der Waals surface area contributed by atoms with E-state index in [1.54, 1.807) is 33.5 Å². The van der Waals surface area contributed by atoms with Gasteiger partial charge in [0, 0.05) is 0 Å². The molecule has 1 rings (SSSR count). The molecule has 4 heteroatoms. The Morgan fingerprint density at radius 2 is 1.46 bits per heavy atom. The molecule has 1 radical (unpaired) electrons. The van der Waals surface area contributed by atoms with Gasteiger partial charge in [-0.15, -0.1) is 0 Å². The van der Waals surface area contributed by atoms with E-state index in [-0.39, 0.29) is 0 Å². The van der Waals surface area contributed by atoms with Crippen LogP contribution in [0.1, 0.15) is 0 Å². The van der Waals surface area contributed by atoms with Crippen molar-refractivity contribution in [3.8, 4) is 17.2 Å². The lowest BCUT2D eigenvalue weighted by Gasteiger charge is -2.11. The lowest BCUT2D eigenvalue weighted by molar-refractivity contribution is 0.337. The SMILES string of the molecule is COc1ccc(OC)c(OC)c1[S]. The quantitative estimate of drug-likeness (QED) is 0.747. The molecule has 0 aliphatic rings. The Kier molecular flexibility index (Phi) is 3.19. The predicted octanol–water partition coefficient (Wildman–Crippen LogP) is 2.27. The highest BCUT2D eigenvalue weighted by Gasteiger charge is 2.12. The van der Waals surface area contributed by atoms with Crippen LogP contribution >= 0.6 is 12.6 Å². The van der Waals surface area contributed by atoms with Gasteiger partial charge in [0.15, 0.2) is 11.5 Å². The molecule has 0 amide bonds. The third kappa shape index (κ3) is 1.78. The second-order valence-electron chi connectivity index (χ2n) is 2.33. The number of ether oxygens (including phenoxy) is 3. The predicted molar refractivity (Wildman–Crippen MR) is 52.0 cm³/mol. The third-order valence-electron chi connectivity index (χ3n) is 1.68. The minimum atomic E-state index is 0.532. The Hall–Kier alpha value is -1.16. The van der Waals surface area contributed by atoms with E-state index in [4.69, 9.17) is 26.8 Å². The Morgan fingerprint density at radius 3 is 1.92 bits per heavy atom. The fourth-order valence-corrected chi connectivity index (χ4v) is 1.38. The minimum absolute atomic E-state index is 0.532. The fraction of sp³-hybridized carbons (Fsp3) is 0.333. The molecule has 1 aromatic carbocycles. The Morgan fingerprint density at radius 1 is 0.923 bits per heavy atom. The molecule has 0 aliphatic carbocycles. The maximum absolute atomic E-state index is 5.11. The molecular formula is C9H11O3S. The van der Waals surface area contributed by atoms with Gasteiger partial charge in [-0.25, -0.2) is 0 Å². The largest absolute Gasteiger partial charge is 0.495 e. The van der Waals surface area contributed by atoms with Crippen LogP contribution in [0.3, 0.4) is 0 Å². The Balaban J connectivity index is 3.23. The van der Waals surface area contributed by atoms with E-state index in [2.05, 4.69) is 0 Å². The first-order valence-corrected chi connectivity index (χ1v) is 4.11. The molecule has 13 heavy (non-hydrogen) atoms. The van der Waals surface area contributed by atoms with Crippen LogP contribution in [-0.4, -0.2) is 21.3 Å². The van der Waals surface area contributed by atoms with Crippen LogP contribution in [0.15, 0.2) is 17.0 Å². The average Bonchev–Trinajstić information content (AvgIpc) is 2.17. The molecule has 0 aliphatic heterocycles. The second-order valence-corrected chi connectivity index (χ2v) is 2.74. The lowest BCUT2D eigenvalue weighted by atomic mass is 10.3. The van der Waals surface area contributed by atoms with Crippen molar-refractivity contribution in [3.63, 3.8) is 0 Å². The normalized spacial score (nSPS) is 9.46. The molecule has 0 heterocycles. The van der Waals surface area contributed by atoms with E-state index in [1.165, 1.54) is 0 Å². The van der Waals surface area contributed by atoms with Crippen LogP contribution in [0.25, 0.3) is 0 Å². The van der Waals surface area contributed by atoms with Crippen molar-refractivity contribution in [2.75, 3.05) is 21.3 Å². The fourth-order valence-electron chi connectivity index (χ4n) is 1.04. The summed E-state index contributed by atoms with van der Waals surface area (Å²) in [4.78, 5) is 0.532. The third-order valence-corrected chi connectivity index (χ3v) is 2.07. The number of hydrogen-bond acceptors (Lipinski definition) is 3. The minimum Gasteiger partial charge on any atom is -0.495 e. The van der Waals surface area contributed by atoms with Crippen LogP contribution in [0.5, 0.6) is 17.2 Å². The Labute approximate surface area is 83.0 Å². The molecule has 3 nitrogen and oxygen atoms in total. The van der Waals surface area contributed by atoms with Gasteiger partial charge >= 0.3 is 0 Å². The van der Waals surface area contributed by atoms with Gasteiger partial charge < -0.3 is 14.2 Å². The molecule has 0 aromatic heterocycles. The summed E-state index contributed by atoms with van der Waals surface area (Å²) in [5.41, 5.74) is 0. The van der Waals surface area contributed by atoms with Gasteiger partial charge in [0.2, 0.25) is 0 Å². The van der Waals surface area contributed by atoms with Gasteiger partial charge in [0.25, 0.3) is 0 Å². The molecule has 0 saturated carbocycles. The molecule has 0 saturated heterocycles. The summed E-state index contributed by atoms with van der Waals surface area (Å²) in [6.07, 6.45) is 0. The summed E-state index contributed by atoms with van der Waals surface area (Å²) in [5, 5.41) is 0. The van der Waals surface area contributed by atoms with Gasteiger partial charge in [0.1, 0.15) is 10.6 Å². The van der Waals surface area contributed by atoms with Gasteiger partial charge in [-0.1, -0.05) is 12.6 Å².